The number of hydrogen-bond donors (Lipinski definition) is 2. The first-order valence-corrected chi connectivity index (χ1v) is 12.6. The van der Waals surface area contributed by atoms with Crippen LogP contribution in [0.5, 0.6) is 0 Å². The van der Waals surface area contributed by atoms with E-state index in [1.165, 1.54) is 17.3 Å². The quantitative estimate of drug-likeness (QED) is 0.642. The molecule has 3 amide bonds. The van der Waals surface area contributed by atoms with Crippen molar-refractivity contribution in [3.05, 3.63) is 46.3 Å². The molecule has 36 heavy (non-hydrogen) atoms. The fourth-order valence-corrected chi connectivity index (χ4v) is 5.81. The molecule has 1 aromatic heterocycles. The number of nitrogens with zero attached hydrogens (tertiary/aromatic N) is 3. The third kappa shape index (κ3) is 4.36. The molecular weight excluding hydrogens is 492 g/mol. The van der Waals surface area contributed by atoms with Crippen molar-refractivity contribution in [1.82, 2.24) is 20.2 Å². The van der Waals surface area contributed by atoms with Gasteiger partial charge >= 0.3 is 0 Å². The minimum Gasteiger partial charge on any atom is -0.348 e. The van der Waals surface area contributed by atoms with Gasteiger partial charge in [0.1, 0.15) is 17.7 Å². The van der Waals surface area contributed by atoms with E-state index in [0.29, 0.717) is 43.5 Å². The van der Waals surface area contributed by atoms with E-state index < -0.39 is 29.2 Å². The summed E-state index contributed by atoms with van der Waals surface area (Å²) in [6.07, 6.45) is 4.22. The Morgan fingerprint density at radius 3 is 2.64 bits per heavy atom. The number of alkyl halides is 1. The number of nitrogens with one attached hydrogen (secondary N) is 2. The van der Waals surface area contributed by atoms with Gasteiger partial charge in [0.25, 0.3) is 11.8 Å². The fraction of sp³-hybridized carbons (Fsp3) is 0.520. The fourth-order valence-electron chi connectivity index (χ4n) is 5.56. The number of likely N-dealkylation sites (tertiary alicyclic amines) is 1. The summed E-state index contributed by atoms with van der Waals surface area (Å²) in [4.78, 5) is 48.7. The Labute approximate surface area is 212 Å². The number of H-pyrrole nitrogens is 1. The molecule has 2 N–H and O–H groups in total. The van der Waals surface area contributed by atoms with E-state index in [0.717, 1.165) is 12.8 Å². The molecule has 1 aliphatic carbocycles. The van der Waals surface area contributed by atoms with Crippen LogP contribution in [0, 0.1) is 18.2 Å². The predicted octanol–water partition coefficient (Wildman–Crippen LogP) is 3.79. The van der Waals surface area contributed by atoms with Crippen LogP contribution in [0.15, 0.2) is 18.5 Å². The molecule has 2 saturated heterocycles. The molecule has 3 aliphatic rings. The van der Waals surface area contributed by atoms with Crippen LogP contribution in [0.4, 0.5) is 14.5 Å². The second-order valence-electron chi connectivity index (χ2n) is 10.1. The summed E-state index contributed by atoms with van der Waals surface area (Å²) in [5.41, 5.74) is 0.470. The van der Waals surface area contributed by atoms with Gasteiger partial charge in [0, 0.05) is 18.0 Å². The van der Waals surface area contributed by atoms with Crippen LogP contribution in [0.3, 0.4) is 0 Å². The maximum Gasteiger partial charge on any atom is 0.275 e. The normalized spacial score (nSPS) is 24.7. The Bertz CT molecular complexity index is 1200. The van der Waals surface area contributed by atoms with Gasteiger partial charge in [-0.1, -0.05) is 11.6 Å². The molecule has 0 radical (unpaired) electrons. The van der Waals surface area contributed by atoms with E-state index in [2.05, 4.69) is 15.3 Å². The molecule has 3 heterocycles. The lowest BCUT2D eigenvalue weighted by atomic mass is 9.67. The number of carbonyl (C=O) groups is 3. The highest BCUT2D eigenvalue weighted by atomic mass is 35.5. The molecule has 2 aliphatic heterocycles. The summed E-state index contributed by atoms with van der Waals surface area (Å²) < 4.78 is 27.0. The molecule has 5 rings (SSSR count). The lowest BCUT2D eigenvalue weighted by Gasteiger charge is -2.45. The lowest BCUT2D eigenvalue weighted by molar-refractivity contribution is -0.132. The van der Waals surface area contributed by atoms with Crippen molar-refractivity contribution in [2.75, 3.05) is 24.5 Å². The zero-order valence-electron chi connectivity index (χ0n) is 20.0. The lowest BCUT2D eigenvalue weighted by Crippen LogP contribution is -2.53. The van der Waals surface area contributed by atoms with Crippen molar-refractivity contribution in [2.45, 2.75) is 57.7 Å². The largest absolute Gasteiger partial charge is 0.348 e. The van der Waals surface area contributed by atoms with E-state index in [-0.39, 0.29) is 41.4 Å². The number of amides is 3. The maximum absolute atomic E-state index is 13.9. The van der Waals surface area contributed by atoms with Gasteiger partial charge in [0.15, 0.2) is 5.69 Å². The molecule has 1 spiro atoms. The Hall–Kier alpha value is -3.01. The minimum absolute atomic E-state index is 0.00517. The zero-order chi connectivity index (χ0) is 25.6. The summed E-state index contributed by atoms with van der Waals surface area (Å²) in [7, 11) is 0. The molecular formula is C25H28ClF2N5O3. The number of aromatic amines is 1. The van der Waals surface area contributed by atoms with Crippen molar-refractivity contribution < 1.29 is 23.2 Å². The molecule has 2 aromatic rings. The van der Waals surface area contributed by atoms with Gasteiger partial charge in [-0.05, 0) is 63.1 Å². The Balaban J connectivity index is 1.23. The van der Waals surface area contributed by atoms with Crippen LogP contribution < -0.4 is 10.2 Å². The van der Waals surface area contributed by atoms with Crippen LogP contribution >= 0.6 is 11.6 Å². The molecule has 1 saturated carbocycles. The predicted molar refractivity (Wildman–Crippen MR) is 129 cm³/mol. The summed E-state index contributed by atoms with van der Waals surface area (Å²) >= 11 is 6.30. The summed E-state index contributed by atoms with van der Waals surface area (Å²) in [6.45, 7) is 2.19. The van der Waals surface area contributed by atoms with Crippen molar-refractivity contribution in [2.24, 2.45) is 5.41 Å². The highest BCUT2D eigenvalue weighted by Crippen LogP contribution is 2.46. The van der Waals surface area contributed by atoms with E-state index >= 15 is 0 Å². The number of aromatic nitrogens is 2. The molecule has 3 fully saturated rings. The van der Waals surface area contributed by atoms with Crippen LogP contribution in [0.25, 0.3) is 0 Å². The first kappa shape index (κ1) is 24.7. The van der Waals surface area contributed by atoms with Gasteiger partial charge in [-0.2, -0.15) is 0 Å². The Kier molecular flexibility index (Phi) is 6.48. The van der Waals surface area contributed by atoms with Crippen LogP contribution in [0.1, 0.15) is 65.1 Å². The second-order valence-corrected chi connectivity index (χ2v) is 10.5. The summed E-state index contributed by atoms with van der Waals surface area (Å²) in [6, 6.07) is 2.71. The zero-order valence-corrected chi connectivity index (χ0v) is 20.7. The maximum atomic E-state index is 13.9. The highest BCUT2D eigenvalue weighted by molar-refractivity contribution is 6.34. The van der Waals surface area contributed by atoms with E-state index in [1.54, 1.807) is 17.9 Å². The van der Waals surface area contributed by atoms with Gasteiger partial charge in [-0.25, -0.2) is 13.8 Å². The molecule has 0 unspecified atom stereocenters. The number of imidazole rings is 1. The number of anilines is 1. The third-order valence-electron chi connectivity index (χ3n) is 7.73. The number of carbonyl (C=O) groups excluding carboxylic acids is 3. The molecule has 8 nitrogen and oxygen atoms in total. The van der Waals surface area contributed by atoms with Crippen molar-refractivity contribution >= 4 is 35.0 Å². The highest BCUT2D eigenvalue weighted by Gasteiger charge is 2.47. The number of rotatable bonds is 4. The SMILES string of the molecule is Cc1cc(N2CCC[C@]3(CC[C@@H](NC(=O)c4[nH]cnc4C(=O)N4CC(F)C4)CC3)C2=O)c(Cl)cc1F. The summed E-state index contributed by atoms with van der Waals surface area (Å²) in [5, 5.41) is 3.18. The number of hydrogen-bond acceptors (Lipinski definition) is 4. The Morgan fingerprint density at radius 1 is 1.22 bits per heavy atom. The molecule has 0 atom stereocenters. The second kappa shape index (κ2) is 9.46. The standard InChI is InChI=1S/C25H28ClF2N5O3/c1-14-9-19(17(26)10-18(14)28)33-8-2-5-25(24(33)36)6-3-16(4-7-25)31-22(34)20-21(30-13-29-20)23(35)32-11-15(27)12-32/h9-10,13,15-16H,2-8,11-12H2,1H3,(H,29,30)(H,31,34)/t16-,25-. The van der Waals surface area contributed by atoms with Gasteiger partial charge < -0.3 is 20.1 Å². The monoisotopic (exact) mass is 519 g/mol. The van der Waals surface area contributed by atoms with Gasteiger partial charge in [0.05, 0.1) is 30.1 Å². The molecule has 11 heteroatoms. The van der Waals surface area contributed by atoms with E-state index in [1.807, 2.05) is 0 Å². The number of halogens is 3. The number of piperidine rings is 1. The summed E-state index contributed by atoms with van der Waals surface area (Å²) in [5.74, 6) is -1.33. The Morgan fingerprint density at radius 2 is 1.94 bits per heavy atom. The first-order chi connectivity index (χ1) is 17.2. The van der Waals surface area contributed by atoms with Gasteiger partial charge in [-0.15, -0.1) is 0 Å². The van der Waals surface area contributed by atoms with Crippen molar-refractivity contribution in [3.63, 3.8) is 0 Å². The van der Waals surface area contributed by atoms with Crippen molar-refractivity contribution in [3.8, 4) is 0 Å². The topological polar surface area (TPSA) is 98.4 Å². The molecule has 0 bridgehead atoms. The number of aryl methyl sites for hydroxylation is 1. The van der Waals surface area contributed by atoms with Crippen LogP contribution in [-0.2, 0) is 4.79 Å². The van der Waals surface area contributed by atoms with E-state index in [9.17, 15) is 23.2 Å². The number of benzene rings is 1. The van der Waals surface area contributed by atoms with E-state index in [4.69, 9.17) is 11.6 Å². The first-order valence-electron chi connectivity index (χ1n) is 12.2. The van der Waals surface area contributed by atoms with Crippen LogP contribution in [-0.4, -0.2) is 64.4 Å². The average molecular weight is 520 g/mol. The minimum atomic E-state index is -1.04. The molecule has 192 valence electrons. The van der Waals surface area contributed by atoms with Gasteiger partial charge in [0.2, 0.25) is 5.91 Å². The molecule has 1 aromatic carbocycles. The third-order valence-corrected chi connectivity index (χ3v) is 8.03. The van der Waals surface area contributed by atoms with Crippen LogP contribution in [0.2, 0.25) is 5.02 Å². The van der Waals surface area contributed by atoms with Gasteiger partial charge in [-0.3, -0.25) is 14.4 Å². The average Bonchev–Trinajstić information content (AvgIpc) is 3.33. The van der Waals surface area contributed by atoms with Crippen molar-refractivity contribution in [1.29, 1.82) is 0 Å². The smallest absolute Gasteiger partial charge is 0.275 e.